The van der Waals surface area contributed by atoms with Crippen LogP contribution >= 0.6 is 31.9 Å². The van der Waals surface area contributed by atoms with Crippen LogP contribution in [-0.4, -0.2) is 22.2 Å². The smallest absolute Gasteiger partial charge is 0.0766 e. The lowest BCUT2D eigenvalue weighted by Crippen LogP contribution is -2.39. The van der Waals surface area contributed by atoms with Crippen LogP contribution in [0.1, 0.15) is 32.4 Å². The molecule has 3 nitrogen and oxygen atoms in total. The maximum absolute atomic E-state index is 10.1. The minimum atomic E-state index is -0.609. The summed E-state index contributed by atoms with van der Waals surface area (Å²) in [6, 6.07) is 1.97. The van der Waals surface area contributed by atoms with Gasteiger partial charge in [-0.3, -0.25) is 4.98 Å². The van der Waals surface area contributed by atoms with Crippen LogP contribution in [0, 0.1) is 0 Å². The predicted molar refractivity (Wildman–Crippen MR) is 76.9 cm³/mol. The van der Waals surface area contributed by atoms with Gasteiger partial charge >= 0.3 is 0 Å². The van der Waals surface area contributed by atoms with E-state index in [-0.39, 0.29) is 0 Å². The maximum atomic E-state index is 10.1. The van der Waals surface area contributed by atoms with Crippen LogP contribution in [-0.2, 0) is 6.54 Å². The van der Waals surface area contributed by atoms with Gasteiger partial charge in [0.05, 0.1) is 11.3 Å². The SMILES string of the molecule is CCC(O)(CC)CNCc1ncc(Br)cc1Br. The molecule has 0 atom stereocenters. The van der Waals surface area contributed by atoms with E-state index in [1.807, 2.05) is 19.9 Å². The van der Waals surface area contributed by atoms with Gasteiger partial charge in [-0.05, 0) is 50.8 Å². The second-order valence-electron chi connectivity index (χ2n) is 4.12. The van der Waals surface area contributed by atoms with Crippen molar-refractivity contribution in [3.8, 4) is 0 Å². The predicted octanol–water partition coefficient (Wildman–Crippen LogP) is 3.25. The van der Waals surface area contributed by atoms with Gasteiger partial charge in [0.15, 0.2) is 0 Å². The molecule has 0 bridgehead atoms. The van der Waals surface area contributed by atoms with Gasteiger partial charge in [-0.2, -0.15) is 0 Å². The third kappa shape index (κ3) is 4.66. The molecule has 0 spiro atoms. The van der Waals surface area contributed by atoms with E-state index in [2.05, 4.69) is 42.2 Å². The maximum Gasteiger partial charge on any atom is 0.0766 e. The largest absolute Gasteiger partial charge is 0.389 e. The Morgan fingerprint density at radius 3 is 2.53 bits per heavy atom. The molecule has 17 heavy (non-hydrogen) atoms. The molecular weight excluding hydrogens is 348 g/mol. The number of hydrogen-bond donors (Lipinski definition) is 2. The molecule has 1 rings (SSSR count). The number of nitrogens with one attached hydrogen (secondary N) is 1. The highest BCUT2D eigenvalue weighted by atomic mass is 79.9. The van der Waals surface area contributed by atoms with Crippen molar-refractivity contribution >= 4 is 31.9 Å². The summed E-state index contributed by atoms with van der Waals surface area (Å²) in [6.45, 7) is 5.23. The molecule has 0 aliphatic heterocycles. The summed E-state index contributed by atoms with van der Waals surface area (Å²) in [4.78, 5) is 4.31. The molecule has 0 radical (unpaired) electrons. The molecule has 2 N–H and O–H groups in total. The van der Waals surface area contributed by atoms with Crippen molar-refractivity contribution in [1.82, 2.24) is 10.3 Å². The molecule has 0 saturated carbocycles. The average molecular weight is 366 g/mol. The number of aromatic nitrogens is 1. The molecule has 1 aromatic heterocycles. The van der Waals surface area contributed by atoms with E-state index in [0.717, 1.165) is 27.5 Å². The van der Waals surface area contributed by atoms with Crippen molar-refractivity contribution in [2.75, 3.05) is 6.54 Å². The Hall–Kier alpha value is 0.0300. The van der Waals surface area contributed by atoms with Gasteiger partial charge in [-0.25, -0.2) is 0 Å². The van der Waals surface area contributed by atoms with Crippen molar-refractivity contribution in [3.63, 3.8) is 0 Å². The Morgan fingerprint density at radius 2 is 2.00 bits per heavy atom. The lowest BCUT2D eigenvalue weighted by atomic mass is 9.98. The van der Waals surface area contributed by atoms with Crippen molar-refractivity contribution in [2.45, 2.75) is 38.8 Å². The van der Waals surface area contributed by atoms with Gasteiger partial charge in [0.2, 0.25) is 0 Å². The fourth-order valence-electron chi connectivity index (χ4n) is 1.49. The molecule has 5 heteroatoms. The minimum absolute atomic E-state index is 0.587. The summed E-state index contributed by atoms with van der Waals surface area (Å²) in [5.74, 6) is 0. The number of pyridine rings is 1. The molecule has 0 aliphatic carbocycles. The summed E-state index contributed by atoms with van der Waals surface area (Å²) in [7, 11) is 0. The van der Waals surface area contributed by atoms with Crippen molar-refractivity contribution < 1.29 is 5.11 Å². The van der Waals surface area contributed by atoms with E-state index in [1.54, 1.807) is 6.20 Å². The number of aliphatic hydroxyl groups is 1. The number of nitrogens with zero attached hydrogens (tertiary/aromatic N) is 1. The van der Waals surface area contributed by atoms with Crippen LogP contribution in [0.25, 0.3) is 0 Å². The van der Waals surface area contributed by atoms with Crippen LogP contribution in [0.4, 0.5) is 0 Å². The first-order valence-electron chi connectivity index (χ1n) is 5.73. The van der Waals surface area contributed by atoms with Gasteiger partial charge in [0.25, 0.3) is 0 Å². The standard InChI is InChI=1S/C12H18Br2N2O/c1-3-12(17,4-2)8-15-7-11-10(14)5-9(13)6-16-11/h5-6,15,17H,3-4,7-8H2,1-2H3. The highest BCUT2D eigenvalue weighted by Gasteiger charge is 2.21. The summed E-state index contributed by atoms with van der Waals surface area (Å²) in [6.07, 6.45) is 3.28. The topological polar surface area (TPSA) is 45.1 Å². The summed E-state index contributed by atoms with van der Waals surface area (Å²) >= 11 is 6.83. The van der Waals surface area contributed by atoms with Gasteiger partial charge in [0.1, 0.15) is 0 Å². The van der Waals surface area contributed by atoms with Crippen LogP contribution in [0.2, 0.25) is 0 Å². The first kappa shape index (κ1) is 15.1. The number of halogens is 2. The first-order chi connectivity index (χ1) is 8.00. The quantitative estimate of drug-likeness (QED) is 0.813. The fourth-order valence-corrected chi connectivity index (χ4v) is 2.61. The van der Waals surface area contributed by atoms with Gasteiger partial charge < -0.3 is 10.4 Å². The van der Waals surface area contributed by atoms with Crippen LogP contribution in [0.5, 0.6) is 0 Å². The molecule has 0 fully saturated rings. The zero-order valence-electron chi connectivity index (χ0n) is 10.1. The van der Waals surface area contributed by atoms with E-state index in [4.69, 9.17) is 0 Å². The number of hydrogen-bond acceptors (Lipinski definition) is 3. The second-order valence-corrected chi connectivity index (χ2v) is 5.89. The van der Waals surface area contributed by atoms with Crippen molar-refractivity contribution in [2.24, 2.45) is 0 Å². The van der Waals surface area contributed by atoms with Gasteiger partial charge in [-0.15, -0.1) is 0 Å². The average Bonchev–Trinajstić information content (AvgIpc) is 2.32. The third-order valence-electron chi connectivity index (χ3n) is 2.95. The monoisotopic (exact) mass is 364 g/mol. The Labute approximate surface area is 119 Å². The molecule has 0 unspecified atom stereocenters. The summed E-state index contributed by atoms with van der Waals surface area (Å²) < 4.78 is 1.92. The van der Waals surface area contributed by atoms with E-state index in [9.17, 15) is 5.11 Å². The van der Waals surface area contributed by atoms with Crippen LogP contribution < -0.4 is 5.32 Å². The molecule has 0 aliphatic rings. The normalized spacial score (nSPS) is 11.8. The lowest BCUT2D eigenvalue weighted by molar-refractivity contribution is 0.0322. The Morgan fingerprint density at radius 1 is 1.35 bits per heavy atom. The molecule has 96 valence electrons. The third-order valence-corrected chi connectivity index (χ3v) is 4.07. The highest BCUT2D eigenvalue weighted by Crippen LogP contribution is 2.19. The zero-order chi connectivity index (χ0) is 12.9. The molecule has 1 heterocycles. The first-order valence-corrected chi connectivity index (χ1v) is 7.32. The summed E-state index contributed by atoms with van der Waals surface area (Å²) in [5, 5.41) is 13.4. The Balaban J connectivity index is 2.51. The van der Waals surface area contributed by atoms with Gasteiger partial charge in [-0.1, -0.05) is 13.8 Å². The molecule has 1 aromatic rings. The van der Waals surface area contributed by atoms with Crippen LogP contribution in [0.3, 0.4) is 0 Å². The van der Waals surface area contributed by atoms with E-state index >= 15 is 0 Å². The van der Waals surface area contributed by atoms with Crippen molar-refractivity contribution in [1.29, 1.82) is 0 Å². The molecule has 0 aromatic carbocycles. The number of rotatable bonds is 6. The Kier molecular flexibility index (Phi) is 6.06. The highest BCUT2D eigenvalue weighted by molar-refractivity contribution is 9.11. The summed E-state index contributed by atoms with van der Waals surface area (Å²) in [5.41, 5.74) is 0.338. The van der Waals surface area contributed by atoms with E-state index in [1.165, 1.54) is 0 Å². The lowest BCUT2D eigenvalue weighted by Gasteiger charge is -2.25. The zero-order valence-corrected chi connectivity index (χ0v) is 13.3. The van der Waals surface area contributed by atoms with Crippen LogP contribution in [0.15, 0.2) is 21.2 Å². The second kappa shape index (κ2) is 6.83. The molecule has 0 amide bonds. The minimum Gasteiger partial charge on any atom is -0.389 e. The molecular formula is C12H18Br2N2O. The van der Waals surface area contributed by atoms with E-state index < -0.39 is 5.60 Å². The fraction of sp³-hybridized carbons (Fsp3) is 0.583. The molecule has 0 saturated heterocycles. The van der Waals surface area contributed by atoms with Crippen molar-refractivity contribution in [3.05, 3.63) is 26.9 Å². The van der Waals surface area contributed by atoms with E-state index in [0.29, 0.717) is 13.1 Å². The van der Waals surface area contributed by atoms with Gasteiger partial charge in [0, 0.05) is 28.2 Å². The Bertz CT molecular complexity index is 368.